The third kappa shape index (κ3) is 14.1. The first-order valence-electron chi connectivity index (χ1n) is 30.9. The molecular weight excluding hydrogens is 1370 g/mol. The van der Waals surface area contributed by atoms with Crippen LogP contribution in [0.15, 0.2) is 142 Å². The number of aliphatic carboxylic acids is 3. The number of rotatable bonds is 14. The number of halogens is 4. The van der Waals surface area contributed by atoms with E-state index in [-0.39, 0.29) is 75.2 Å². The van der Waals surface area contributed by atoms with Gasteiger partial charge in [-0.1, -0.05) is 68.4 Å². The lowest BCUT2D eigenvalue weighted by Gasteiger charge is -2.15. The molecule has 40 heteroatoms. The lowest BCUT2D eigenvalue weighted by Crippen LogP contribution is -2.34. The van der Waals surface area contributed by atoms with Crippen molar-refractivity contribution in [1.82, 2.24) is 78.1 Å². The van der Waals surface area contributed by atoms with Gasteiger partial charge in [-0.3, -0.25) is 32.7 Å². The molecule has 3 aromatic carbocycles. The molecule has 0 spiro atoms. The number of aromatic nitrogens is 16. The van der Waals surface area contributed by atoms with Crippen LogP contribution in [-0.2, 0) is 33.3 Å². The van der Waals surface area contributed by atoms with Gasteiger partial charge >= 0.3 is 17.9 Å². The van der Waals surface area contributed by atoms with Gasteiger partial charge in [0.15, 0.2) is 130 Å². The second kappa shape index (κ2) is 30.0. The number of alkyl halides is 4. The number of nitrogens with zero attached hydrogens (tertiary/aromatic N) is 16. The molecule has 15 rings (SSSR count). The highest BCUT2D eigenvalue weighted by molar-refractivity contribution is 6.08. The number of carboxylic acid groups (broad SMARTS) is 3. The molecule has 4 fully saturated rings. The van der Waals surface area contributed by atoms with E-state index in [1.807, 2.05) is 6.07 Å². The summed E-state index contributed by atoms with van der Waals surface area (Å²) in [6.45, 7) is 2.90. The van der Waals surface area contributed by atoms with Gasteiger partial charge in [0.25, 0.3) is 17.7 Å². The van der Waals surface area contributed by atoms with Crippen LogP contribution in [0, 0.1) is 11.8 Å². The van der Waals surface area contributed by atoms with Crippen LogP contribution in [0.1, 0.15) is 69.8 Å². The van der Waals surface area contributed by atoms with E-state index in [1.165, 1.54) is 64.9 Å². The van der Waals surface area contributed by atoms with E-state index in [0.717, 1.165) is 10.9 Å². The number of anilines is 4. The number of carbonyl (C=O) groups is 6. The molecule has 0 unspecified atom stereocenters. The molecule has 11 aromatic rings. The summed E-state index contributed by atoms with van der Waals surface area (Å²) in [7, 11) is 0. The van der Waals surface area contributed by atoms with Gasteiger partial charge in [-0.05, 0) is 36.4 Å². The summed E-state index contributed by atoms with van der Waals surface area (Å²) in [6.07, 6.45) is -10.7. The van der Waals surface area contributed by atoms with E-state index in [1.54, 1.807) is 91.9 Å². The number of nitrogens with one attached hydrogen (secondary N) is 3. The Kier molecular flexibility index (Phi) is 20.6. The minimum absolute atomic E-state index is 0.0985. The molecule has 4 aliphatic rings. The molecule has 8 aromatic heterocycles. The SMILES string of the molecule is C[C@H]1[C@H](F)[C@H](n2cnc3c(NC(=O)c4ccccc4)ncnc32)O[C@@H]1C(=O)O.C[C@H]1[C@H](F)[C@H](n2cnc3c(NC(=O)c4ccccc4)ncnc32)O[C@@H]1CO.Nc1ncnc2c1ncn2[C@@H]1O[C@H](C(=O)O)[C@@H](O)[C@@H]1F.O=C(Nc1ncnc2c1ncn2[C@@H]1O[C@H](C(=O)O)[C@@H](O)[C@@H]1F)c1ccccc1. The molecule has 16 atom stereocenters. The van der Waals surface area contributed by atoms with Crippen LogP contribution in [0.3, 0.4) is 0 Å². The molecule has 3 amide bonds. The number of benzene rings is 3. The fourth-order valence-electron chi connectivity index (χ4n) is 11.4. The standard InChI is InChI=1S/C18H16FN5O4.C18H18FN5O3.C17H14FN5O5.C10H10FN5O4/c1-9-11(19)17(28-13(9)18(26)27)24-8-22-12-14(20-7-21-15(12)24)23-16(25)10-5-3-2-4-6-10;1-10-12(7-25)27-18(13(10)19)24-9-22-14-15(20-8-21-16(14)24)23-17(26)11-5-3-2-4-6-11;18-9-11(24)12(17(26)27)28-16(9)23-7-21-10-13(19-6-20-14(10)23)22-15(25)8-4-2-1-3-5-8;11-3-5(17)6(10(18)19)20-9(3)16-2-15-4-7(12)13-1-14-8(4)16/h2-9,11,13,17H,1H3,(H,26,27)(H,20,21,23,25);2-6,8-10,12-13,18,25H,7H2,1H3,(H,20,21,23,26);1-7,9,11-12,16,24H,(H,26,27)(H,19,20,22,25);1-3,5-6,9,17H,(H,18,19)(H2,12,13,14)/t9-,11-,13-,17+;10-,12-,13+,18-;9-,11-,12-,16+;3-,5-,6-,9+/m0100/s1. The maximum atomic E-state index is 14.7. The first-order valence-corrected chi connectivity index (χ1v) is 30.9. The molecule has 0 saturated carbocycles. The average Bonchev–Trinajstić information content (AvgIpc) is 1.65. The third-order valence-electron chi connectivity index (χ3n) is 16.9. The molecule has 0 aliphatic carbocycles. The zero-order chi connectivity index (χ0) is 73.1. The van der Waals surface area contributed by atoms with Crippen molar-refractivity contribution in [2.24, 2.45) is 11.8 Å². The van der Waals surface area contributed by atoms with Crippen LogP contribution in [-0.4, -0.2) is 212 Å². The number of aliphatic hydroxyl groups excluding tert-OH is 3. The highest BCUT2D eigenvalue weighted by Gasteiger charge is 2.52. The third-order valence-corrected chi connectivity index (χ3v) is 16.9. The molecule has 12 heterocycles. The Hall–Kier alpha value is -12.1. The number of hydrogen-bond donors (Lipinski definition) is 10. The summed E-state index contributed by atoms with van der Waals surface area (Å²) in [4.78, 5) is 119. The van der Waals surface area contributed by atoms with Crippen molar-refractivity contribution in [3.05, 3.63) is 158 Å². The number of carboxylic acids is 3. The van der Waals surface area contributed by atoms with Crippen LogP contribution in [0.5, 0.6) is 0 Å². The topological polar surface area (TPSA) is 497 Å². The molecule has 534 valence electrons. The number of ether oxygens (including phenoxy) is 4. The minimum Gasteiger partial charge on any atom is -0.479 e. The largest absolute Gasteiger partial charge is 0.479 e. The number of carbonyl (C=O) groups excluding carboxylic acids is 3. The Morgan fingerprint density at radius 1 is 0.417 bits per heavy atom. The lowest BCUT2D eigenvalue weighted by atomic mass is 10.0. The molecule has 11 N–H and O–H groups in total. The van der Waals surface area contributed by atoms with E-state index in [4.69, 9.17) is 34.9 Å². The van der Waals surface area contributed by atoms with Crippen LogP contribution in [0.2, 0.25) is 0 Å². The summed E-state index contributed by atoms with van der Waals surface area (Å²) in [6, 6.07) is 25.7. The predicted molar refractivity (Wildman–Crippen MR) is 344 cm³/mol. The first kappa shape index (κ1) is 70.8. The van der Waals surface area contributed by atoms with Crippen LogP contribution < -0.4 is 21.7 Å². The minimum atomic E-state index is -2.00. The van der Waals surface area contributed by atoms with Crippen molar-refractivity contribution in [3.63, 3.8) is 0 Å². The van der Waals surface area contributed by atoms with Gasteiger partial charge in [0.05, 0.1) is 38.0 Å². The molecule has 36 nitrogen and oxygen atoms in total. The highest BCUT2D eigenvalue weighted by Crippen LogP contribution is 2.41. The van der Waals surface area contributed by atoms with E-state index in [2.05, 4.69) is 75.8 Å². The summed E-state index contributed by atoms with van der Waals surface area (Å²) < 4.78 is 84.1. The number of aliphatic hydroxyl groups is 3. The molecule has 0 bridgehead atoms. The van der Waals surface area contributed by atoms with Gasteiger partial charge in [0, 0.05) is 28.5 Å². The molecular formula is C63H58F4N20O16. The molecule has 4 saturated heterocycles. The van der Waals surface area contributed by atoms with E-state index in [9.17, 15) is 66.8 Å². The number of imidazole rings is 4. The van der Waals surface area contributed by atoms with Gasteiger partial charge in [-0.15, -0.1) is 0 Å². The van der Waals surface area contributed by atoms with Gasteiger partial charge < -0.3 is 71.3 Å². The summed E-state index contributed by atoms with van der Waals surface area (Å²) >= 11 is 0. The molecule has 103 heavy (non-hydrogen) atoms. The quantitative estimate of drug-likeness (QED) is 0.0692. The highest BCUT2D eigenvalue weighted by atomic mass is 19.1. The lowest BCUT2D eigenvalue weighted by molar-refractivity contribution is -0.156. The van der Waals surface area contributed by atoms with Crippen molar-refractivity contribution in [1.29, 1.82) is 0 Å². The molecule has 0 radical (unpaired) electrons. The normalized spacial score (nSPS) is 25.6. The fourth-order valence-corrected chi connectivity index (χ4v) is 11.4. The zero-order valence-corrected chi connectivity index (χ0v) is 53.2. The Bertz CT molecular complexity index is 4770. The smallest absolute Gasteiger partial charge is 0.335 e. The Morgan fingerprint density at radius 3 is 1.04 bits per heavy atom. The Morgan fingerprint density at radius 2 is 0.718 bits per heavy atom. The van der Waals surface area contributed by atoms with Crippen LogP contribution >= 0.6 is 0 Å². The van der Waals surface area contributed by atoms with Crippen LogP contribution in [0.4, 0.5) is 40.8 Å². The summed E-state index contributed by atoms with van der Waals surface area (Å²) in [5, 5.41) is 63.7. The number of hydrogen-bond acceptors (Lipinski definition) is 26. The Labute approximate surface area is 574 Å². The van der Waals surface area contributed by atoms with Gasteiger partial charge in [-0.25, -0.2) is 91.8 Å². The van der Waals surface area contributed by atoms with E-state index < -0.39 is 122 Å². The second-order valence-corrected chi connectivity index (χ2v) is 23.3. The van der Waals surface area contributed by atoms with Crippen molar-refractivity contribution in [2.45, 2.75) is 100 Å². The van der Waals surface area contributed by atoms with E-state index >= 15 is 0 Å². The maximum absolute atomic E-state index is 14.7. The van der Waals surface area contributed by atoms with Crippen molar-refractivity contribution in [3.8, 4) is 0 Å². The number of nitrogen functional groups attached to an aromatic ring is 1. The number of fused-ring (bicyclic) bond motifs is 4. The first-order chi connectivity index (χ1) is 49.5. The predicted octanol–water partition coefficient (Wildman–Crippen LogP) is 3.83. The number of nitrogens with two attached hydrogens (primary N) is 1. The summed E-state index contributed by atoms with van der Waals surface area (Å²) in [5.41, 5.74) is 8.79. The van der Waals surface area contributed by atoms with Crippen molar-refractivity contribution < 1.29 is 95.9 Å². The maximum Gasteiger partial charge on any atom is 0.335 e. The second-order valence-electron chi connectivity index (χ2n) is 23.3. The van der Waals surface area contributed by atoms with Gasteiger partial charge in [0.1, 0.15) is 43.0 Å². The van der Waals surface area contributed by atoms with Crippen molar-refractivity contribution >= 4 is 104 Å². The average molecular weight is 1430 g/mol. The Balaban J connectivity index is 0.000000130. The van der Waals surface area contributed by atoms with E-state index in [0.29, 0.717) is 27.9 Å². The monoisotopic (exact) mass is 1430 g/mol. The molecule has 4 aliphatic heterocycles. The number of amides is 3. The fraction of sp³-hybridized carbons (Fsp3) is 0.302. The zero-order valence-electron chi connectivity index (χ0n) is 53.2. The van der Waals surface area contributed by atoms with Crippen molar-refractivity contribution in [2.75, 3.05) is 28.3 Å². The van der Waals surface area contributed by atoms with Crippen LogP contribution in [0.25, 0.3) is 44.7 Å². The van der Waals surface area contributed by atoms with Gasteiger partial charge in [0.2, 0.25) is 0 Å². The van der Waals surface area contributed by atoms with Gasteiger partial charge in [-0.2, -0.15) is 0 Å². The summed E-state index contributed by atoms with van der Waals surface area (Å²) in [5.74, 6) is -5.98.